The van der Waals surface area contributed by atoms with Gasteiger partial charge in [-0.1, -0.05) is 48.5 Å². The molecule has 0 spiro atoms. The number of aryl methyl sites for hydroxylation is 1. The Morgan fingerprint density at radius 3 is 2.05 bits per heavy atom. The van der Waals surface area contributed by atoms with Crippen molar-refractivity contribution in [2.75, 3.05) is 38.2 Å². The average molecular weight is 528 g/mol. The number of anilines is 1. The van der Waals surface area contributed by atoms with Crippen molar-refractivity contribution in [1.82, 2.24) is 9.47 Å². The van der Waals surface area contributed by atoms with Crippen molar-refractivity contribution in [3.05, 3.63) is 102 Å². The Morgan fingerprint density at radius 2 is 1.41 bits per heavy atom. The van der Waals surface area contributed by atoms with Gasteiger partial charge >= 0.3 is 11.9 Å². The van der Waals surface area contributed by atoms with Gasteiger partial charge in [-0.25, -0.2) is 9.59 Å². The number of piperazine rings is 1. The van der Waals surface area contributed by atoms with E-state index in [9.17, 15) is 9.59 Å². The molecule has 2 heterocycles. The van der Waals surface area contributed by atoms with E-state index < -0.39 is 11.9 Å². The largest absolute Gasteiger partial charge is 0.495 e. The lowest BCUT2D eigenvalue weighted by Crippen LogP contribution is -2.46. The Morgan fingerprint density at radius 1 is 0.821 bits per heavy atom. The minimum atomic E-state index is -1.26. The van der Waals surface area contributed by atoms with E-state index in [1.807, 2.05) is 12.1 Å². The molecule has 1 saturated heterocycles. The van der Waals surface area contributed by atoms with Crippen LogP contribution in [0.3, 0.4) is 0 Å². The van der Waals surface area contributed by atoms with Crippen LogP contribution < -0.4 is 9.64 Å². The average Bonchev–Trinajstić information content (AvgIpc) is 3.31. The van der Waals surface area contributed by atoms with Crippen LogP contribution in [0.1, 0.15) is 11.1 Å². The van der Waals surface area contributed by atoms with Crippen molar-refractivity contribution < 1.29 is 24.5 Å². The second-order valence-electron chi connectivity index (χ2n) is 9.27. The fourth-order valence-corrected chi connectivity index (χ4v) is 4.83. The zero-order valence-electron chi connectivity index (χ0n) is 22.2. The van der Waals surface area contributed by atoms with E-state index >= 15 is 0 Å². The van der Waals surface area contributed by atoms with Gasteiger partial charge in [-0.05, 0) is 42.3 Å². The number of carboxylic acids is 2. The molecule has 0 amide bonds. The van der Waals surface area contributed by atoms with Crippen LogP contribution in [0.25, 0.3) is 16.6 Å². The molecule has 39 heavy (non-hydrogen) atoms. The van der Waals surface area contributed by atoms with Crippen LogP contribution in [0.4, 0.5) is 5.69 Å². The highest BCUT2D eigenvalue weighted by Gasteiger charge is 2.21. The van der Waals surface area contributed by atoms with E-state index in [4.69, 9.17) is 14.9 Å². The zero-order chi connectivity index (χ0) is 27.8. The maximum absolute atomic E-state index is 9.55. The number of carbonyl (C=O) groups is 2. The lowest BCUT2D eigenvalue weighted by atomic mass is 10.1. The first-order valence-electron chi connectivity index (χ1n) is 12.8. The second-order valence-corrected chi connectivity index (χ2v) is 9.27. The van der Waals surface area contributed by atoms with Crippen LogP contribution in [-0.4, -0.2) is 64.9 Å². The van der Waals surface area contributed by atoms with Crippen LogP contribution in [0, 0.1) is 6.92 Å². The van der Waals surface area contributed by atoms with Gasteiger partial charge in [0.2, 0.25) is 0 Å². The molecule has 3 aromatic carbocycles. The third-order valence-corrected chi connectivity index (χ3v) is 6.73. The summed E-state index contributed by atoms with van der Waals surface area (Å²) in [6, 6.07) is 25.7. The fourth-order valence-electron chi connectivity index (χ4n) is 4.83. The molecule has 5 rings (SSSR count). The predicted molar refractivity (Wildman–Crippen MR) is 153 cm³/mol. The smallest absolute Gasteiger partial charge is 0.328 e. The number of benzene rings is 3. The summed E-state index contributed by atoms with van der Waals surface area (Å²) < 4.78 is 7.92. The van der Waals surface area contributed by atoms with E-state index in [1.165, 1.54) is 33.4 Å². The number of nitrogens with zero attached hydrogens (tertiary/aromatic N) is 3. The van der Waals surface area contributed by atoms with Gasteiger partial charge in [0.05, 0.1) is 18.3 Å². The van der Waals surface area contributed by atoms with Gasteiger partial charge in [0, 0.05) is 62.1 Å². The molecule has 4 aromatic rings. The van der Waals surface area contributed by atoms with E-state index in [1.54, 1.807) is 7.11 Å². The van der Waals surface area contributed by atoms with E-state index in [0.717, 1.165) is 38.5 Å². The molecule has 0 atom stereocenters. The predicted octanol–water partition coefficient (Wildman–Crippen LogP) is 4.98. The van der Waals surface area contributed by atoms with Crippen molar-refractivity contribution in [1.29, 1.82) is 0 Å². The lowest BCUT2D eigenvalue weighted by Gasteiger charge is -2.36. The fraction of sp³-hybridized carbons (Fsp3) is 0.226. The molecule has 0 aliphatic carbocycles. The minimum absolute atomic E-state index is 0.558. The van der Waals surface area contributed by atoms with Gasteiger partial charge in [-0.3, -0.25) is 4.90 Å². The number of fused-ring (bicyclic) bond motifs is 1. The minimum Gasteiger partial charge on any atom is -0.495 e. The molecule has 0 saturated carbocycles. The van der Waals surface area contributed by atoms with Crippen LogP contribution in [0.2, 0.25) is 0 Å². The first kappa shape index (κ1) is 27.5. The Balaban J connectivity index is 0.000000386. The summed E-state index contributed by atoms with van der Waals surface area (Å²) in [7, 11) is 1.75. The molecule has 8 nitrogen and oxygen atoms in total. The number of hydrogen-bond acceptors (Lipinski definition) is 5. The van der Waals surface area contributed by atoms with Crippen LogP contribution in [0.15, 0.2) is 91.1 Å². The van der Waals surface area contributed by atoms with E-state index in [0.29, 0.717) is 12.2 Å². The highest BCUT2D eigenvalue weighted by molar-refractivity contribution is 5.89. The third-order valence-electron chi connectivity index (χ3n) is 6.73. The number of methoxy groups -OCH3 is 1. The summed E-state index contributed by atoms with van der Waals surface area (Å²) in [5.41, 5.74) is 6.41. The summed E-state index contributed by atoms with van der Waals surface area (Å²) in [5.74, 6) is -1.56. The molecule has 1 aliphatic heterocycles. The van der Waals surface area contributed by atoms with Gasteiger partial charge < -0.3 is 24.4 Å². The summed E-state index contributed by atoms with van der Waals surface area (Å²) in [6.45, 7) is 7.26. The number of carboxylic acid groups (broad SMARTS) is 2. The third kappa shape index (κ3) is 6.86. The number of rotatable bonds is 7. The zero-order valence-corrected chi connectivity index (χ0v) is 22.2. The Labute approximate surface area is 228 Å². The first-order chi connectivity index (χ1) is 18.9. The van der Waals surface area contributed by atoms with Gasteiger partial charge in [-0.2, -0.15) is 0 Å². The molecule has 0 bridgehead atoms. The number of ether oxygens (including phenoxy) is 1. The Hall–Kier alpha value is -4.56. The number of aliphatic carboxylic acids is 2. The molecule has 0 unspecified atom stereocenters. The van der Waals surface area contributed by atoms with Crippen molar-refractivity contribution in [2.24, 2.45) is 0 Å². The molecular weight excluding hydrogens is 494 g/mol. The molecular formula is C31H33N3O5. The molecule has 1 aromatic heterocycles. The van der Waals surface area contributed by atoms with Crippen molar-refractivity contribution in [2.45, 2.75) is 13.5 Å². The second kappa shape index (κ2) is 12.8. The van der Waals surface area contributed by atoms with Crippen molar-refractivity contribution in [3.63, 3.8) is 0 Å². The topological polar surface area (TPSA) is 95.2 Å². The summed E-state index contributed by atoms with van der Waals surface area (Å²) in [6.07, 6.45) is 3.45. The first-order valence-corrected chi connectivity index (χ1v) is 12.8. The summed E-state index contributed by atoms with van der Waals surface area (Å²) >= 11 is 0. The molecule has 8 heteroatoms. The molecule has 0 radical (unpaired) electrons. The lowest BCUT2D eigenvalue weighted by molar-refractivity contribution is -0.134. The van der Waals surface area contributed by atoms with Crippen LogP contribution >= 0.6 is 0 Å². The highest BCUT2D eigenvalue weighted by Crippen LogP contribution is 2.30. The molecule has 202 valence electrons. The molecule has 1 fully saturated rings. The molecule has 1 aliphatic rings. The van der Waals surface area contributed by atoms with Crippen LogP contribution in [0.5, 0.6) is 5.75 Å². The van der Waals surface area contributed by atoms with Gasteiger partial charge in [-0.15, -0.1) is 0 Å². The molecule has 2 N–H and O–H groups in total. The normalized spacial score (nSPS) is 13.7. The van der Waals surface area contributed by atoms with Crippen LogP contribution in [-0.2, 0) is 16.1 Å². The van der Waals surface area contributed by atoms with Gasteiger partial charge in [0.1, 0.15) is 5.75 Å². The SMILES string of the molecule is COc1ccccc1N1CCN(Cc2cn(-c3ccccc3C)c3ccccc23)CC1.O=C(O)/C=C/C(=O)O. The standard InChI is InChI=1S/C27H29N3O.C4H4O4/c1-21-9-3-5-11-24(21)30-20-22(23-10-4-6-12-25(23)30)19-28-15-17-29(18-16-28)26-13-7-8-14-27(26)31-2;5-3(6)1-2-4(7)8/h3-14,20H,15-19H2,1-2H3;1-2H,(H,5,6)(H,7,8)/b;2-1+. The van der Waals surface area contributed by atoms with Gasteiger partial charge in [0.25, 0.3) is 0 Å². The Kier molecular flexibility index (Phi) is 9.01. The van der Waals surface area contributed by atoms with E-state index in [-0.39, 0.29) is 0 Å². The number of para-hydroxylation sites is 4. The summed E-state index contributed by atoms with van der Waals surface area (Å²) in [4.78, 5) is 24.1. The number of hydrogen-bond donors (Lipinski definition) is 2. The van der Waals surface area contributed by atoms with E-state index in [2.05, 4.69) is 88.2 Å². The number of aromatic nitrogens is 1. The highest BCUT2D eigenvalue weighted by atomic mass is 16.5. The Bertz CT molecular complexity index is 1450. The quantitative estimate of drug-likeness (QED) is 0.327. The van der Waals surface area contributed by atoms with Crippen molar-refractivity contribution in [3.8, 4) is 11.4 Å². The van der Waals surface area contributed by atoms with Crippen molar-refractivity contribution >= 4 is 28.5 Å². The maximum atomic E-state index is 9.55. The maximum Gasteiger partial charge on any atom is 0.328 e. The monoisotopic (exact) mass is 527 g/mol. The van der Waals surface area contributed by atoms with Gasteiger partial charge in [0.15, 0.2) is 0 Å². The summed E-state index contributed by atoms with van der Waals surface area (Å²) in [5, 5.41) is 17.0.